The summed E-state index contributed by atoms with van der Waals surface area (Å²) in [5.41, 5.74) is 1.16. The minimum absolute atomic E-state index is 0.0879. The predicted octanol–water partition coefficient (Wildman–Crippen LogP) is 2.25. The molecule has 1 aromatic heterocycles. The van der Waals surface area contributed by atoms with Crippen molar-refractivity contribution in [2.24, 2.45) is 0 Å². The highest BCUT2D eigenvalue weighted by atomic mass is 32.2. The number of rotatable bonds is 4. The molecule has 0 saturated carbocycles. The molecule has 0 aliphatic heterocycles. The highest BCUT2D eigenvalue weighted by molar-refractivity contribution is 7.85. The summed E-state index contributed by atoms with van der Waals surface area (Å²) >= 11 is 0. The Hall–Kier alpha value is -1.63. The van der Waals surface area contributed by atoms with Crippen LogP contribution in [0.2, 0.25) is 0 Å². The number of hydrogen-bond acceptors (Lipinski definition) is 4. The fourth-order valence-corrected chi connectivity index (χ4v) is 2.60. The highest BCUT2D eigenvalue weighted by Crippen LogP contribution is 2.26. The van der Waals surface area contributed by atoms with Crippen molar-refractivity contribution < 1.29 is 17.4 Å². The van der Waals surface area contributed by atoms with Gasteiger partial charge in [-0.15, -0.1) is 0 Å². The molecule has 102 valence electrons. The van der Waals surface area contributed by atoms with Crippen molar-refractivity contribution in [2.75, 3.05) is 14.1 Å². The minimum atomic E-state index is -4.26. The van der Waals surface area contributed by atoms with Gasteiger partial charge in [-0.25, -0.2) is 0 Å². The minimum Gasteiger partial charge on any atom is -0.464 e. The van der Waals surface area contributed by atoms with Crippen molar-refractivity contribution in [3.63, 3.8) is 0 Å². The number of benzene rings is 1. The zero-order valence-electron chi connectivity index (χ0n) is 10.7. The van der Waals surface area contributed by atoms with Crippen molar-refractivity contribution >= 4 is 10.1 Å². The molecule has 1 heterocycles. The molecule has 0 saturated heterocycles. The third-order valence-corrected chi connectivity index (χ3v) is 3.57. The molecule has 0 aliphatic rings. The molecule has 0 radical (unpaired) electrons. The van der Waals surface area contributed by atoms with Crippen LogP contribution in [0.15, 0.2) is 45.9 Å². The van der Waals surface area contributed by atoms with Crippen LogP contribution in [0, 0.1) is 0 Å². The third-order valence-electron chi connectivity index (χ3n) is 2.64. The highest BCUT2D eigenvalue weighted by Gasteiger charge is 2.17. The first kappa shape index (κ1) is 13.8. The SMILES string of the molecule is CN(C)Cc1ccc(-c2ccco2)cc1S(=O)(=O)O. The first-order chi connectivity index (χ1) is 8.88. The maximum atomic E-state index is 11.5. The molecule has 1 aromatic carbocycles. The Morgan fingerprint density at radius 1 is 1.26 bits per heavy atom. The lowest BCUT2D eigenvalue weighted by molar-refractivity contribution is 0.397. The summed E-state index contributed by atoms with van der Waals surface area (Å²) in [6, 6.07) is 8.32. The molecule has 0 unspecified atom stereocenters. The van der Waals surface area contributed by atoms with Crippen molar-refractivity contribution in [3.05, 3.63) is 42.2 Å². The molecule has 19 heavy (non-hydrogen) atoms. The Labute approximate surface area is 112 Å². The van der Waals surface area contributed by atoms with E-state index in [0.29, 0.717) is 23.4 Å². The normalized spacial score (nSPS) is 12.0. The van der Waals surface area contributed by atoms with Gasteiger partial charge in [-0.1, -0.05) is 12.1 Å². The maximum absolute atomic E-state index is 11.5. The van der Waals surface area contributed by atoms with E-state index in [4.69, 9.17) is 4.42 Å². The molecule has 2 rings (SSSR count). The van der Waals surface area contributed by atoms with E-state index in [2.05, 4.69) is 0 Å². The van der Waals surface area contributed by atoms with Crippen LogP contribution < -0.4 is 0 Å². The smallest absolute Gasteiger partial charge is 0.294 e. The molecular weight excluding hydrogens is 266 g/mol. The van der Waals surface area contributed by atoms with Gasteiger partial charge in [0.2, 0.25) is 0 Å². The Morgan fingerprint density at radius 2 is 2.00 bits per heavy atom. The van der Waals surface area contributed by atoms with Crippen LogP contribution in [0.5, 0.6) is 0 Å². The Bertz CT molecular complexity index is 660. The standard InChI is InChI=1S/C13H15NO4S/c1-14(2)9-11-6-5-10(12-4-3-7-18-12)8-13(11)19(15,16)17/h3-8H,9H2,1-2H3,(H,15,16,17). The molecule has 6 heteroatoms. The summed E-state index contributed by atoms with van der Waals surface area (Å²) in [5, 5.41) is 0. The van der Waals surface area contributed by atoms with Crippen LogP contribution in [-0.2, 0) is 16.7 Å². The van der Waals surface area contributed by atoms with E-state index in [9.17, 15) is 13.0 Å². The van der Waals surface area contributed by atoms with Gasteiger partial charge in [-0.05, 0) is 37.9 Å². The summed E-state index contributed by atoms with van der Waals surface area (Å²) in [4.78, 5) is 1.74. The average Bonchev–Trinajstić information content (AvgIpc) is 2.80. The lowest BCUT2D eigenvalue weighted by Crippen LogP contribution is -2.14. The molecule has 0 spiro atoms. The van der Waals surface area contributed by atoms with Crippen molar-refractivity contribution in [3.8, 4) is 11.3 Å². The van der Waals surface area contributed by atoms with Gasteiger partial charge in [0.1, 0.15) is 5.76 Å². The fourth-order valence-electron chi connectivity index (χ4n) is 1.86. The van der Waals surface area contributed by atoms with E-state index in [-0.39, 0.29) is 4.90 Å². The Kier molecular flexibility index (Phi) is 3.75. The van der Waals surface area contributed by atoms with Gasteiger partial charge in [0.25, 0.3) is 10.1 Å². The summed E-state index contributed by atoms with van der Waals surface area (Å²) in [6.07, 6.45) is 1.51. The Balaban J connectivity index is 2.54. The second-order valence-corrected chi connectivity index (χ2v) is 5.90. The van der Waals surface area contributed by atoms with Crippen LogP contribution in [0.25, 0.3) is 11.3 Å². The lowest BCUT2D eigenvalue weighted by Gasteiger charge is -2.13. The molecule has 0 aliphatic carbocycles. The average molecular weight is 281 g/mol. The van der Waals surface area contributed by atoms with Crippen LogP contribution in [0.1, 0.15) is 5.56 Å². The van der Waals surface area contributed by atoms with Crippen LogP contribution in [0.4, 0.5) is 0 Å². The molecule has 1 N–H and O–H groups in total. The number of nitrogens with zero attached hydrogens (tertiary/aromatic N) is 1. The zero-order valence-corrected chi connectivity index (χ0v) is 11.5. The molecule has 5 nitrogen and oxygen atoms in total. The Morgan fingerprint density at radius 3 is 2.53 bits per heavy atom. The molecule has 0 fully saturated rings. The second kappa shape index (κ2) is 5.16. The second-order valence-electron chi connectivity index (χ2n) is 4.51. The van der Waals surface area contributed by atoms with E-state index in [1.807, 2.05) is 19.0 Å². The molecule has 0 atom stereocenters. The molecule has 0 bridgehead atoms. The van der Waals surface area contributed by atoms with E-state index < -0.39 is 10.1 Å². The maximum Gasteiger partial charge on any atom is 0.294 e. The zero-order chi connectivity index (χ0) is 14.0. The first-order valence-corrected chi connectivity index (χ1v) is 7.11. The van der Waals surface area contributed by atoms with Crippen LogP contribution in [0.3, 0.4) is 0 Å². The van der Waals surface area contributed by atoms with E-state index in [1.165, 1.54) is 12.3 Å². The summed E-state index contributed by atoms with van der Waals surface area (Å²) < 4.78 is 37.5. The predicted molar refractivity (Wildman–Crippen MR) is 71.3 cm³/mol. The summed E-state index contributed by atoms with van der Waals surface area (Å²) in [7, 11) is -0.606. The monoisotopic (exact) mass is 281 g/mol. The summed E-state index contributed by atoms with van der Waals surface area (Å²) in [6.45, 7) is 0.424. The number of hydrogen-bond donors (Lipinski definition) is 1. The van der Waals surface area contributed by atoms with Crippen molar-refractivity contribution in [1.29, 1.82) is 0 Å². The third kappa shape index (κ3) is 3.23. The largest absolute Gasteiger partial charge is 0.464 e. The number of furan rings is 1. The summed E-state index contributed by atoms with van der Waals surface area (Å²) in [5.74, 6) is 0.557. The van der Waals surface area contributed by atoms with Gasteiger partial charge in [-0.2, -0.15) is 8.42 Å². The van der Waals surface area contributed by atoms with Gasteiger partial charge in [0.05, 0.1) is 11.2 Å². The van der Waals surface area contributed by atoms with Gasteiger partial charge < -0.3 is 9.32 Å². The molecule has 0 amide bonds. The first-order valence-electron chi connectivity index (χ1n) is 5.67. The molecule has 2 aromatic rings. The quantitative estimate of drug-likeness (QED) is 0.870. The fraction of sp³-hybridized carbons (Fsp3) is 0.231. The van der Waals surface area contributed by atoms with E-state index >= 15 is 0 Å². The van der Waals surface area contributed by atoms with E-state index in [0.717, 1.165) is 0 Å². The topological polar surface area (TPSA) is 70.8 Å². The van der Waals surface area contributed by atoms with E-state index in [1.54, 1.807) is 24.3 Å². The van der Waals surface area contributed by atoms with Crippen LogP contribution in [-0.4, -0.2) is 32.0 Å². The van der Waals surface area contributed by atoms with Crippen molar-refractivity contribution in [2.45, 2.75) is 11.4 Å². The van der Waals surface area contributed by atoms with Gasteiger partial charge in [0, 0.05) is 12.1 Å². The molecular formula is C13H15NO4S. The van der Waals surface area contributed by atoms with Gasteiger partial charge in [-0.3, -0.25) is 4.55 Å². The van der Waals surface area contributed by atoms with Crippen LogP contribution >= 0.6 is 0 Å². The lowest BCUT2D eigenvalue weighted by atomic mass is 10.1. The van der Waals surface area contributed by atoms with Crippen molar-refractivity contribution in [1.82, 2.24) is 4.90 Å². The van der Waals surface area contributed by atoms with Gasteiger partial charge in [0.15, 0.2) is 0 Å². The van der Waals surface area contributed by atoms with Gasteiger partial charge >= 0.3 is 0 Å².